The zero-order chi connectivity index (χ0) is 17.7. The third-order valence-electron chi connectivity index (χ3n) is 3.55. The van der Waals surface area contributed by atoms with Crippen molar-refractivity contribution >= 4 is 10.0 Å². The summed E-state index contributed by atoms with van der Waals surface area (Å²) in [5.41, 5.74) is 2.47. The highest BCUT2D eigenvalue weighted by atomic mass is 32.2. The Morgan fingerprint density at radius 3 is 2.56 bits per heavy atom. The van der Waals surface area contributed by atoms with E-state index >= 15 is 0 Å². The number of hydrogen-bond donors (Lipinski definition) is 1. The van der Waals surface area contributed by atoms with Crippen molar-refractivity contribution in [3.05, 3.63) is 78.2 Å². The number of nitriles is 1. The molecule has 124 valence electrons. The first kappa shape index (κ1) is 16.8. The Morgan fingerprint density at radius 2 is 1.88 bits per heavy atom. The summed E-state index contributed by atoms with van der Waals surface area (Å²) in [6.45, 7) is 0.0857. The zero-order valence-corrected chi connectivity index (χ0v) is 13.9. The number of rotatable bonds is 5. The first-order valence-corrected chi connectivity index (χ1v) is 8.92. The molecule has 6 nitrogen and oxygen atoms in total. The van der Waals surface area contributed by atoms with Crippen LogP contribution >= 0.6 is 0 Å². The number of sulfonamides is 1. The summed E-state index contributed by atoms with van der Waals surface area (Å²) >= 11 is 0. The Bertz CT molecular complexity index is 1010. The quantitative estimate of drug-likeness (QED) is 0.763. The van der Waals surface area contributed by atoms with Gasteiger partial charge in [-0.05, 0) is 35.9 Å². The molecule has 1 N–H and O–H groups in total. The number of hydrogen-bond acceptors (Lipinski definition) is 5. The molecule has 25 heavy (non-hydrogen) atoms. The van der Waals surface area contributed by atoms with Gasteiger partial charge < -0.3 is 0 Å². The van der Waals surface area contributed by atoms with Gasteiger partial charge in [0.25, 0.3) is 0 Å². The van der Waals surface area contributed by atoms with Crippen LogP contribution in [-0.2, 0) is 16.6 Å². The standard InChI is InChI=1S/C18H14N4O2S/c19-10-15-4-1-2-6-18(15)25(23,24)22-12-14-7-8-17(21-11-14)16-5-3-9-20-13-16/h1-9,11,13,22H,12H2. The topological polar surface area (TPSA) is 95.7 Å². The molecule has 0 aliphatic carbocycles. The molecule has 2 heterocycles. The minimum atomic E-state index is -3.77. The molecular weight excluding hydrogens is 336 g/mol. The van der Waals surface area contributed by atoms with E-state index in [1.165, 1.54) is 12.1 Å². The number of benzene rings is 1. The molecule has 0 amide bonds. The molecule has 0 atom stereocenters. The van der Waals surface area contributed by atoms with E-state index in [1.54, 1.807) is 36.8 Å². The molecule has 0 radical (unpaired) electrons. The van der Waals surface area contributed by atoms with Gasteiger partial charge in [-0.3, -0.25) is 9.97 Å². The minimum absolute atomic E-state index is 0.0301. The third kappa shape index (κ3) is 3.88. The van der Waals surface area contributed by atoms with Gasteiger partial charge >= 0.3 is 0 Å². The zero-order valence-electron chi connectivity index (χ0n) is 13.1. The lowest BCUT2D eigenvalue weighted by Gasteiger charge is -2.08. The molecular formula is C18H14N4O2S. The Balaban J connectivity index is 1.74. The smallest absolute Gasteiger partial charge is 0.242 e. The van der Waals surface area contributed by atoms with Crippen LogP contribution in [0.2, 0.25) is 0 Å². The summed E-state index contributed by atoms with van der Waals surface area (Å²) < 4.78 is 27.3. The Kier molecular flexibility index (Phi) is 4.84. The summed E-state index contributed by atoms with van der Waals surface area (Å²) in [7, 11) is -3.77. The molecule has 1 aromatic carbocycles. The highest BCUT2D eigenvalue weighted by molar-refractivity contribution is 7.89. The van der Waals surface area contributed by atoms with Gasteiger partial charge in [-0.25, -0.2) is 13.1 Å². The minimum Gasteiger partial charge on any atom is -0.264 e. The van der Waals surface area contributed by atoms with Crippen molar-refractivity contribution in [3.63, 3.8) is 0 Å². The van der Waals surface area contributed by atoms with Crippen LogP contribution in [0.5, 0.6) is 0 Å². The second-order valence-electron chi connectivity index (χ2n) is 5.23. The second kappa shape index (κ2) is 7.21. The Labute approximate surface area is 145 Å². The maximum absolute atomic E-state index is 12.4. The van der Waals surface area contributed by atoms with Gasteiger partial charge in [0.05, 0.1) is 16.2 Å². The molecule has 3 aromatic rings. The lowest BCUT2D eigenvalue weighted by Crippen LogP contribution is -2.24. The first-order valence-electron chi connectivity index (χ1n) is 7.44. The SMILES string of the molecule is N#Cc1ccccc1S(=O)(=O)NCc1ccc(-c2cccnc2)nc1. The number of pyridine rings is 2. The maximum Gasteiger partial charge on any atom is 0.242 e. The van der Waals surface area contributed by atoms with Gasteiger partial charge in [-0.2, -0.15) is 5.26 Å². The Hall–Kier alpha value is -3.08. The highest BCUT2D eigenvalue weighted by Gasteiger charge is 2.17. The van der Waals surface area contributed by atoms with Gasteiger partial charge in [0, 0.05) is 30.7 Å². The predicted octanol–water partition coefficient (Wildman–Crippen LogP) is 2.49. The van der Waals surface area contributed by atoms with Crippen molar-refractivity contribution in [2.45, 2.75) is 11.4 Å². The summed E-state index contributed by atoms with van der Waals surface area (Å²) in [4.78, 5) is 8.34. The van der Waals surface area contributed by atoms with E-state index in [0.29, 0.717) is 5.56 Å². The molecule has 0 aliphatic rings. The average Bonchev–Trinajstić information content (AvgIpc) is 2.67. The van der Waals surface area contributed by atoms with Crippen LogP contribution in [0.3, 0.4) is 0 Å². The van der Waals surface area contributed by atoms with Crippen molar-refractivity contribution in [1.29, 1.82) is 5.26 Å². The van der Waals surface area contributed by atoms with E-state index in [1.807, 2.05) is 24.3 Å². The third-order valence-corrected chi connectivity index (χ3v) is 5.00. The van der Waals surface area contributed by atoms with Crippen molar-refractivity contribution in [2.75, 3.05) is 0 Å². The molecule has 3 rings (SSSR count). The molecule has 0 aliphatic heterocycles. The van der Waals surface area contributed by atoms with Gasteiger partial charge in [0.1, 0.15) is 6.07 Å². The van der Waals surface area contributed by atoms with Crippen LogP contribution in [-0.4, -0.2) is 18.4 Å². The molecule has 0 unspecified atom stereocenters. The van der Waals surface area contributed by atoms with Crippen molar-refractivity contribution < 1.29 is 8.42 Å². The molecule has 0 bridgehead atoms. The van der Waals surface area contributed by atoms with Crippen LogP contribution in [0.4, 0.5) is 0 Å². The van der Waals surface area contributed by atoms with Gasteiger partial charge in [-0.1, -0.05) is 18.2 Å². The fourth-order valence-corrected chi connectivity index (χ4v) is 3.44. The first-order chi connectivity index (χ1) is 12.1. The summed E-state index contributed by atoms with van der Waals surface area (Å²) in [5.74, 6) is 0. The van der Waals surface area contributed by atoms with E-state index in [4.69, 9.17) is 5.26 Å². The lowest BCUT2D eigenvalue weighted by atomic mass is 10.1. The molecule has 0 saturated heterocycles. The summed E-state index contributed by atoms with van der Waals surface area (Å²) in [5, 5.41) is 9.05. The molecule has 0 spiro atoms. The number of aromatic nitrogens is 2. The largest absolute Gasteiger partial charge is 0.264 e. The van der Waals surface area contributed by atoms with E-state index in [-0.39, 0.29) is 17.0 Å². The van der Waals surface area contributed by atoms with Crippen LogP contribution < -0.4 is 4.72 Å². The van der Waals surface area contributed by atoms with Crippen molar-refractivity contribution in [1.82, 2.24) is 14.7 Å². The highest BCUT2D eigenvalue weighted by Crippen LogP contribution is 2.17. The molecule has 0 saturated carbocycles. The van der Waals surface area contributed by atoms with E-state index < -0.39 is 10.0 Å². The molecule has 0 fully saturated rings. The fourth-order valence-electron chi connectivity index (χ4n) is 2.26. The number of nitrogens with zero attached hydrogens (tertiary/aromatic N) is 3. The second-order valence-corrected chi connectivity index (χ2v) is 6.96. The summed E-state index contributed by atoms with van der Waals surface area (Å²) in [6, 6.07) is 15.3. The van der Waals surface area contributed by atoms with Crippen molar-refractivity contribution in [3.8, 4) is 17.3 Å². The average molecular weight is 350 g/mol. The van der Waals surface area contributed by atoms with E-state index in [2.05, 4.69) is 14.7 Å². The monoisotopic (exact) mass is 350 g/mol. The lowest BCUT2D eigenvalue weighted by molar-refractivity contribution is 0.581. The summed E-state index contributed by atoms with van der Waals surface area (Å²) in [6.07, 6.45) is 5.01. The van der Waals surface area contributed by atoms with Crippen molar-refractivity contribution in [2.24, 2.45) is 0 Å². The van der Waals surface area contributed by atoms with Crippen LogP contribution in [0.15, 0.2) is 72.0 Å². The maximum atomic E-state index is 12.4. The molecule has 7 heteroatoms. The number of nitrogens with one attached hydrogen (secondary N) is 1. The van der Waals surface area contributed by atoms with E-state index in [9.17, 15) is 8.42 Å². The Morgan fingerprint density at radius 1 is 1.04 bits per heavy atom. The molecule has 2 aromatic heterocycles. The van der Waals surface area contributed by atoms with Gasteiger partial charge in [0.2, 0.25) is 10.0 Å². The fraction of sp³-hybridized carbons (Fsp3) is 0.0556. The predicted molar refractivity (Wildman–Crippen MR) is 92.7 cm³/mol. The normalized spacial score (nSPS) is 11.0. The van der Waals surface area contributed by atoms with Crippen LogP contribution in [0.25, 0.3) is 11.3 Å². The van der Waals surface area contributed by atoms with Crippen LogP contribution in [0.1, 0.15) is 11.1 Å². The van der Waals surface area contributed by atoms with E-state index in [0.717, 1.165) is 11.3 Å². The van der Waals surface area contributed by atoms with Crippen LogP contribution in [0, 0.1) is 11.3 Å². The van der Waals surface area contributed by atoms with Gasteiger partial charge in [0.15, 0.2) is 0 Å². The van der Waals surface area contributed by atoms with Gasteiger partial charge in [-0.15, -0.1) is 0 Å².